The van der Waals surface area contributed by atoms with Crippen molar-refractivity contribution in [1.82, 2.24) is 0 Å². The summed E-state index contributed by atoms with van der Waals surface area (Å²) in [6, 6.07) is 14.7. The zero-order valence-electron chi connectivity index (χ0n) is 12.8. The molecule has 0 fully saturated rings. The Morgan fingerprint density at radius 2 is 1.86 bits per heavy atom. The molecule has 3 heteroatoms. The highest BCUT2D eigenvalue weighted by molar-refractivity contribution is 6.33. The Labute approximate surface area is 132 Å². The molecule has 0 radical (unpaired) electrons. The third kappa shape index (κ3) is 4.68. The van der Waals surface area contributed by atoms with Crippen molar-refractivity contribution < 1.29 is 4.74 Å². The van der Waals surface area contributed by atoms with Gasteiger partial charge in [-0.25, -0.2) is 0 Å². The second-order valence-corrected chi connectivity index (χ2v) is 5.82. The largest absolute Gasteiger partial charge is 0.497 e. The molecule has 0 bridgehead atoms. The van der Waals surface area contributed by atoms with Crippen molar-refractivity contribution in [2.24, 2.45) is 0 Å². The Bertz CT molecular complexity index is 580. The summed E-state index contributed by atoms with van der Waals surface area (Å²) < 4.78 is 5.17. The summed E-state index contributed by atoms with van der Waals surface area (Å²) in [4.78, 5) is 0. The zero-order chi connectivity index (χ0) is 15.2. The molecular weight excluding hydrogens is 282 g/mol. The van der Waals surface area contributed by atoms with Crippen LogP contribution < -0.4 is 10.1 Å². The molecule has 1 N–H and O–H groups in total. The van der Waals surface area contributed by atoms with E-state index < -0.39 is 0 Å². The summed E-state index contributed by atoms with van der Waals surface area (Å²) in [5.74, 6) is 0.900. The van der Waals surface area contributed by atoms with Crippen molar-refractivity contribution >= 4 is 17.3 Å². The van der Waals surface area contributed by atoms with E-state index in [0.29, 0.717) is 6.04 Å². The third-order valence-corrected chi connectivity index (χ3v) is 3.88. The maximum Gasteiger partial charge on any atom is 0.118 e. The van der Waals surface area contributed by atoms with Gasteiger partial charge in [0.2, 0.25) is 0 Å². The van der Waals surface area contributed by atoms with Crippen molar-refractivity contribution in [3.8, 4) is 5.75 Å². The van der Waals surface area contributed by atoms with E-state index in [1.165, 1.54) is 11.1 Å². The Balaban J connectivity index is 1.89. The average Bonchev–Trinajstić information content (AvgIpc) is 2.49. The number of aryl methyl sites for hydroxylation is 2. The average molecular weight is 304 g/mol. The van der Waals surface area contributed by atoms with Crippen LogP contribution in [0.3, 0.4) is 0 Å². The molecule has 1 atom stereocenters. The van der Waals surface area contributed by atoms with Crippen LogP contribution in [0.1, 0.15) is 24.5 Å². The monoisotopic (exact) mass is 303 g/mol. The summed E-state index contributed by atoms with van der Waals surface area (Å²) in [7, 11) is 1.69. The van der Waals surface area contributed by atoms with Crippen LogP contribution in [0.4, 0.5) is 5.69 Å². The predicted octanol–water partition coefficient (Wildman–Crippen LogP) is 5.09. The molecule has 2 aromatic rings. The summed E-state index contributed by atoms with van der Waals surface area (Å²) >= 11 is 6.21. The molecule has 0 amide bonds. The van der Waals surface area contributed by atoms with Gasteiger partial charge < -0.3 is 10.1 Å². The van der Waals surface area contributed by atoms with Gasteiger partial charge in [0.05, 0.1) is 17.8 Å². The minimum Gasteiger partial charge on any atom is -0.497 e. The van der Waals surface area contributed by atoms with Gasteiger partial charge in [-0.15, -0.1) is 0 Å². The number of methoxy groups -OCH3 is 1. The van der Waals surface area contributed by atoms with Gasteiger partial charge in [0.25, 0.3) is 0 Å². The molecule has 2 nitrogen and oxygen atoms in total. The van der Waals surface area contributed by atoms with Crippen LogP contribution in [0, 0.1) is 6.92 Å². The molecule has 21 heavy (non-hydrogen) atoms. The van der Waals surface area contributed by atoms with Gasteiger partial charge in [-0.2, -0.15) is 0 Å². The molecule has 112 valence electrons. The zero-order valence-corrected chi connectivity index (χ0v) is 13.6. The fraction of sp³-hybridized carbons (Fsp3) is 0.333. The van der Waals surface area contributed by atoms with E-state index in [4.69, 9.17) is 16.3 Å². The van der Waals surface area contributed by atoms with E-state index in [1.807, 2.05) is 24.3 Å². The van der Waals surface area contributed by atoms with Crippen molar-refractivity contribution in [3.63, 3.8) is 0 Å². The molecule has 2 rings (SSSR count). The maximum atomic E-state index is 6.21. The summed E-state index contributed by atoms with van der Waals surface area (Å²) in [6.07, 6.45) is 2.08. The second kappa shape index (κ2) is 7.37. The standard InChI is InChI=1S/C18H22ClNO/c1-13-4-11-17(19)18(12-13)20-14(2)5-6-15-7-9-16(21-3)10-8-15/h4,7-12,14,20H,5-6H2,1-3H3. The smallest absolute Gasteiger partial charge is 0.118 e. The fourth-order valence-corrected chi connectivity index (χ4v) is 2.43. The molecule has 1 unspecified atom stereocenters. The lowest BCUT2D eigenvalue weighted by Crippen LogP contribution is -2.16. The number of hydrogen-bond donors (Lipinski definition) is 1. The van der Waals surface area contributed by atoms with Crippen LogP contribution in [0.2, 0.25) is 5.02 Å². The minimum absolute atomic E-state index is 0.367. The summed E-state index contributed by atoms with van der Waals surface area (Å²) in [5.41, 5.74) is 3.54. The molecule has 0 aliphatic rings. The molecule has 2 aromatic carbocycles. The molecule has 0 saturated heterocycles. The van der Waals surface area contributed by atoms with Crippen LogP contribution >= 0.6 is 11.6 Å². The van der Waals surface area contributed by atoms with Gasteiger partial charge in [0, 0.05) is 6.04 Å². The molecule has 0 aliphatic carbocycles. The number of halogens is 1. The number of nitrogens with one attached hydrogen (secondary N) is 1. The number of benzene rings is 2. The molecule has 0 spiro atoms. The first-order chi connectivity index (χ1) is 10.1. The highest BCUT2D eigenvalue weighted by Crippen LogP contribution is 2.24. The summed E-state index contributed by atoms with van der Waals surface area (Å²) in [5, 5.41) is 4.26. The summed E-state index contributed by atoms with van der Waals surface area (Å²) in [6.45, 7) is 4.26. The number of rotatable bonds is 6. The van der Waals surface area contributed by atoms with Crippen LogP contribution in [-0.4, -0.2) is 13.2 Å². The Kier molecular flexibility index (Phi) is 5.51. The minimum atomic E-state index is 0.367. The van der Waals surface area contributed by atoms with E-state index >= 15 is 0 Å². The fourth-order valence-electron chi connectivity index (χ4n) is 2.26. The first-order valence-corrected chi connectivity index (χ1v) is 7.62. The molecule has 0 heterocycles. The highest BCUT2D eigenvalue weighted by Gasteiger charge is 2.06. The highest BCUT2D eigenvalue weighted by atomic mass is 35.5. The van der Waals surface area contributed by atoms with Gasteiger partial charge >= 0.3 is 0 Å². The van der Waals surface area contributed by atoms with Crippen molar-refractivity contribution in [1.29, 1.82) is 0 Å². The first-order valence-electron chi connectivity index (χ1n) is 7.24. The first kappa shape index (κ1) is 15.7. The van der Waals surface area contributed by atoms with E-state index in [1.54, 1.807) is 7.11 Å². The van der Waals surface area contributed by atoms with E-state index in [-0.39, 0.29) is 0 Å². The Hall–Kier alpha value is -1.67. The van der Waals surface area contributed by atoms with E-state index in [2.05, 4.69) is 37.4 Å². The van der Waals surface area contributed by atoms with E-state index in [0.717, 1.165) is 29.3 Å². The Morgan fingerprint density at radius 3 is 2.52 bits per heavy atom. The Morgan fingerprint density at radius 1 is 1.14 bits per heavy atom. The number of hydrogen-bond acceptors (Lipinski definition) is 2. The molecule has 0 aromatic heterocycles. The van der Waals surface area contributed by atoms with Crippen molar-refractivity contribution in [2.75, 3.05) is 12.4 Å². The van der Waals surface area contributed by atoms with Gasteiger partial charge in [0.15, 0.2) is 0 Å². The topological polar surface area (TPSA) is 21.3 Å². The van der Waals surface area contributed by atoms with Crippen LogP contribution in [0.25, 0.3) is 0 Å². The molecule has 0 aliphatic heterocycles. The van der Waals surface area contributed by atoms with Crippen molar-refractivity contribution in [2.45, 2.75) is 32.7 Å². The second-order valence-electron chi connectivity index (χ2n) is 5.42. The quantitative estimate of drug-likeness (QED) is 0.802. The lowest BCUT2D eigenvalue weighted by Gasteiger charge is -2.17. The van der Waals surface area contributed by atoms with Crippen LogP contribution in [-0.2, 0) is 6.42 Å². The van der Waals surface area contributed by atoms with Gasteiger partial charge in [-0.3, -0.25) is 0 Å². The van der Waals surface area contributed by atoms with Crippen molar-refractivity contribution in [3.05, 3.63) is 58.6 Å². The van der Waals surface area contributed by atoms with Crippen LogP contribution in [0.5, 0.6) is 5.75 Å². The van der Waals surface area contributed by atoms with Gasteiger partial charge in [0.1, 0.15) is 5.75 Å². The van der Waals surface area contributed by atoms with Crippen LogP contribution in [0.15, 0.2) is 42.5 Å². The normalized spacial score (nSPS) is 12.0. The number of anilines is 1. The lowest BCUT2D eigenvalue weighted by atomic mass is 10.1. The molecular formula is C18H22ClNO. The lowest BCUT2D eigenvalue weighted by molar-refractivity contribution is 0.414. The maximum absolute atomic E-state index is 6.21. The third-order valence-electron chi connectivity index (χ3n) is 3.55. The SMILES string of the molecule is COc1ccc(CCC(C)Nc2cc(C)ccc2Cl)cc1. The predicted molar refractivity (Wildman–Crippen MR) is 90.6 cm³/mol. The van der Waals surface area contributed by atoms with Gasteiger partial charge in [-0.05, 0) is 62.1 Å². The number of ether oxygens (including phenoxy) is 1. The van der Waals surface area contributed by atoms with E-state index in [9.17, 15) is 0 Å². The molecule has 0 saturated carbocycles. The van der Waals surface area contributed by atoms with Gasteiger partial charge in [-0.1, -0.05) is 29.8 Å².